The van der Waals surface area contributed by atoms with Crippen molar-refractivity contribution in [3.8, 4) is 0 Å². The molecule has 0 radical (unpaired) electrons. The zero-order valence-corrected chi connectivity index (χ0v) is 15.1. The second kappa shape index (κ2) is 7.88. The summed E-state index contributed by atoms with van der Waals surface area (Å²) in [7, 11) is 0. The largest absolute Gasteiger partial charge is 0.325 e. The van der Waals surface area contributed by atoms with Crippen molar-refractivity contribution in [3.05, 3.63) is 45.4 Å². The number of rotatable bonds is 5. The van der Waals surface area contributed by atoms with E-state index in [1.54, 1.807) is 11.3 Å². The van der Waals surface area contributed by atoms with Crippen LogP contribution in [0.5, 0.6) is 0 Å². The maximum absolute atomic E-state index is 12.3. The molecule has 1 aromatic heterocycles. The average molecular weight is 344 g/mol. The van der Waals surface area contributed by atoms with E-state index in [0.29, 0.717) is 6.42 Å². The Labute approximate surface area is 147 Å². The number of thiazole rings is 1. The fourth-order valence-corrected chi connectivity index (χ4v) is 3.59. The molecule has 0 aliphatic carbocycles. The van der Waals surface area contributed by atoms with Crippen molar-refractivity contribution in [2.45, 2.75) is 26.8 Å². The monoisotopic (exact) mass is 344 g/mol. The summed E-state index contributed by atoms with van der Waals surface area (Å²) in [6.07, 6.45) is 0.333. The highest BCUT2D eigenvalue weighted by Crippen LogP contribution is 2.18. The third-order valence-corrected chi connectivity index (χ3v) is 5.07. The maximum Gasteiger partial charge on any atom is 0.231 e. The van der Waals surface area contributed by atoms with Gasteiger partial charge < -0.3 is 10.6 Å². The van der Waals surface area contributed by atoms with E-state index < -0.39 is 0 Å². The van der Waals surface area contributed by atoms with Crippen molar-refractivity contribution in [2.75, 3.05) is 31.5 Å². The van der Waals surface area contributed by atoms with Gasteiger partial charge in [-0.25, -0.2) is 4.98 Å². The van der Waals surface area contributed by atoms with E-state index in [1.807, 2.05) is 32.0 Å². The number of amides is 1. The number of hydrogen-bond acceptors (Lipinski definition) is 5. The van der Waals surface area contributed by atoms with E-state index in [0.717, 1.165) is 60.2 Å². The van der Waals surface area contributed by atoms with E-state index in [9.17, 15) is 4.79 Å². The van der Waals surface area contributed by atoms with Crippen LogP contribution >= 0.6 is 11.3 Å². The van der Waals surface area contributed by atoms with Crippen LogP contribution in [0.15, 0.2) is 23.6 Å². The van der Waals surface area contributed by atoms with Crippen LogP contribution in [0.4, 0.5) is 5.69 Å². The van der Waals surface area contributed by atoms with Gasteiger partial charge in [-0.15, -0.1) is 11.3 Å². The van der Waals surface area contributed by atoms with Crippen LogP contribution < -0.4 is 10.6 Å². The summed E-state index contributed by atoms with van der Waals surface area (Å²) in [5.74, 6) is -0.00762. The molecule has 0 spiro atoms. The lowest BCUT2D eigenvalue weighted by atomic mass is 10.1. The fraction of sp³-hybridized carbons (Fsp3) is 0.444. The second-order valence-electron chi connectivity index (χ2n) is 6.30. The lowest BCUT2D eigenvalue weighted by Gasteiger charge is -2.26. The molecular weight excluding hydrogens is 320 g/mol. The van der Waals surface area contributed by atoms with E-state index in [-0.39, 0.29) is 5.91 Å². The van der Waals surface area contributed by atoms with Gasteiger partial charge in [0, 0.05) is 43.8 Å². The highest BCUT2D eigenvalue weighted by atomic mass is 32.1. The highest BCUT2D eigenvalue weighted by molar-refractivity contribution is 7.09. The Morgan fingerprint density at radius 1 is 1.33 bits per heavy atom. The molecule has 1 amide bonds. The highest BCUT2D eigenvalue weighted by Gasteiger charge is 2.13. The fourth-order valence-electron chi connectivity index (χ4n) is 2.80. The maximum atomic E-state index is 12.3. The Morgan fingerprint density at radius 3 is 2.92 bits per heavy atom. The first-order valence-corrected chi connectivity index (χ1v) is 9.21. The molecule has 1 aromatic carbocycles. The molecule has 2 N–H and O–H groups in total. The van der Waals surface area contributed by atoms with Gasteiger partial charge >= 0.3 is 0 Å². The minimum absolute atomic E-state index is 0.00762. The summed E-state index contributed by atoms with van der Waals surface area (Å²) in [5.41, 5.74) is 4.17. The van der Waals surface area contributed by atoms with Crippen LogP contribution in [-0.4, -0.2) is 42.0 Å². The van der Waals surface area contributed by atoms with Gasteiger partial charge in [0.1, 0.15) is 5.01 Å². The molecule has 1 aliphatic heterocycles. The number of benzene rings is 1. The van der Waals surface area contributed by atoms with Gasteiger partial charge in [-0.2, -0.15) is 0 Å². The molecular formula is C18H24N4OS. The van der Waals surface area contributed by atoms with E-state index in [2.05, 4.69) is 25.9 Å². The molecule has 24 heavy (non-hydrogen) atoms. The van der Waals surface area contributed by atoms with Crippen molar-refractivity contribution in [3.63, 3.8) is 0 Å². The normalized spacial score (nSPS) is 15.4. The van der Waals surface area contributed by atoms with Crippen molar-refractivity contribution in [1.29, 1.82) is 0 Å². The van der Waals surface area contributed by atoms with Gasteiger partial charge in [-0.3, -0.25) is 9.69 Å². The number of nitrogens with zero attached hydrogens (tertiary/aromatic N) is 2. The summed E-state index contributed by atoms with van der Waals surface area (Å²) in [6.45, 7) is 9.09. The van der Waals surface area contributed by atoms with Gasteiger partial charge in [0.05, 0.1) is 12.1 Å². The van der Waals surface area contributed by atoms with Gasteiger partial charge in [-0.05, 0) is 31.0 Å². The number of nitrogens with one attached hydrogen (secondary N) is 2. The summed E-state index contributed by atoms with van der Waals surface area (Å²) in [5, 5.41) is 9.30. The topological polar surface area (TPSA) is 57.3 Å². The number of aryl methyl sites for hydroxylation is 2. The molecule has 0 atom stereocenters. The summed E-state index contributed by atoms with van der Waals surface area (Å²) < 4.78 is 0. The van der Waals surface area contributed by atoms with Crippen LogP contribution in [0, 0.1) is 13.8 Å². The Balaban J connectivity index is 1.55. The summed E-state index contributed by atoms with van der Waals surface area (Å²) in [6, 6.07) is 6.08. The number of carbonyl (C=O) groups is 1. The molecule has 0 saturated carbocycles. The van der Waals surface area contributed by atoms with Crippen LogP contribution in [0.25, 0.3) is 0 Å². The van der Waals surface area contributed by atoms with Gasteiger partial charge in [-0.1, -0.05) is 12.1 Å². The van der Waals surface area contributed by atoms with Crippen molar-refractivity contribution in [2.24, 2.45) is 0 Å². The quantitative estimate of drug-likeness (QED) is 0.874. The number of piperazine rings is 1. The van der Waals surface area contributed by atoms with E-state index in [4.69, 9.17) is 0 Å². The standard InChI is InChI=1S/C18H24N4OS/c1-13-3-4-14(2)16(9-13)21-17(23)10-18-20-15(12-24-18)11-22-7-5-19-6-8-22/h3-4,9,12,19H,5-8,10-11H2,1-2H3,(H,21,23). The van der Waals surface area contributed by atoms with Crippen LogP contribution in [0.2, 0.25) is 0 Å². The van der Waals surface area contributed by atoms with E-state index >= 15 is 0 Å². The third-order valence-electron chi connectivity index (χ3n) is 4.17. The zero-order valence-electron chi connectivity index (χ0n) is 14.3. The molecule has 2 heterocycles. The first-order chi connectivity index (χ1) is 11.6. The van der Waals surface area contributed by atoms with Crippen molar-refractivity contribution in [1.82, 2.24) is 15.2 Å². The predicted octanol–water partition coefficient (Wildman–Crippen LogP) is 2.35. The molecule has 0 bridgehead atoms. The number of hydrogen-bond donors (Lipinski definition) is 2. The van der Waals surface area contributed by atoms with Crippen LogP contribution in [0.3, 0.4) is 0 Å². The SMILES string of the molecule is Cc1ccc(C)c(NC(=O)Cc2nc(CN3CCNCC3)cs2)c1. The smallest absolute Gasteiger partial charge is 0.231 e. The molecule has 128 valence electrons. The van der Waals surface area contributed by atoms with Crippen molar-refractivity contribution < 1.29 is 4.79 Å². The molecule has 1 saturated heterocycles. The zero-order chi connectivity index (χ0) is 16.9. The Kier molecular flexibility index (Phi) is 5.60. The van der Waals surface area contributed by atoms with Gasteiger partial charge in [0.15, 0.2) is 0 Å². The number of aromatic nitrogens is 1. The molecule has 3 rings (SSSR count). The molecule has 0 unspecified atom stereocenters. The lowest BCUT2D eigenvalue weighted by molar-refractivity contribution is -0.115. The molecule has 1 fully saturated rings. The van der Waals surface area contributed by atoms with E-state index in [1.165, 1.54) is 0 Å². The Bertz CT molecular complexity index is 707. The Hall–Kier alpha value is -1.76. The molecule has 5 nitrogen and oxygen atoms in total. The lowest BCUT2D eigenvalue weighted by Crippen LogP contribution is -2.42. The Morgan fingerprint density at radius 2 is 2.12 bits per heavy atom. The van der Waals surface area contributed by atoms with Crippen molar-refractivity contribution >= 4 is 22.9 Å². The summed E-state index contributed by atoms with van der Waals surface area (Å²) in [4.78, 5) is 19.3. The second-order valence-corrected chi connectivity index (χ2v) is 7.24. The van der Waals surface area contributed by atoms with Gasteiger partial charge in [0.2, 0.25) is 5.91 Å². The molecule has 2 aromatic rings. The molecule has 6 heteroatoms. The third kappa shape index (κ3) is 4.63. The van der Waals surface area contributed by atoms with Crippen LogP contribution in [0.1, 0.15) is 21.8 Å². The average Bonchev–Trinajstić information content (AvgIpc) is 2.98. The minimum Gasteiger partial charge on any atom is -0.325 e. The number of carbonyl (C=O) groups excluding carboxylic acids is 1. The van der Waals surface area contributed by atoms with Gasteiger partial charge in [0.25, 0.3) is 0 Å². The first kappa shape index (κ1) is 17.1. The minimum atomic E-state index is -0.00762. The predicted molar refractivity (Wildman–Crippen MR) is 98.5 cm³/mol. The first-order valence-electron chi connectivity index (χ1n) is 8.33. The summed E-state index contributed by atoms with van der Waals surface area (Å²) >= 11 is 1.57. The number of anilines is 1. The van der Waals surface area contributed by atoms with Crippen LogP contribution in [-0.2, 0) is 17.8 Å². The molecule has 1 aliphatic rings.